The number of nitrogens with one attached hydrogen (secondary N) is 1. The van der Waals surface area contributed by atoms with Gasteiger partial charge in [0.2, 0.25) is 0 Å². The van der Waals surface area contributed by atoms with Gasteiger partial charge in [0, 0.05) is 15.7 Å². The molecule has 0 saturated heterocycles. The summed E-state index contributed by atoms with van der Waals surface area (Å²) in [4.78, 5) is 7.49. The van der Waals surface area contributed by atoms with E-state index in [-0.39, 0.29) is 0 Å². The molecule has 2 rings (SSSR count). The van der Waals surface area contributed by atoms with Crippen molar-refractivity contribution in [2.75, 3.05) is 0 Å². The van der Waals surface area contributed by atoms with Gasteiger partial charge in [-0.1, -0.05) is 46.3 Å². The summed E-state index contributed by atoms with van der Waals surface area (Å²) in [7, 11) is 0. The Kier molecular flexibility index (Phi) is 2.98. The Morgan fingerprint density at radius 2 is 2.07 bits per heavy atom. The summed E-state index contributed by atoms with van der Waals surface area (Å²) in [6.07, 6.45) is 0. The van der Waals surface area contributed by atoms with Crippen molar-refractivity contribution in [2.45, 2.75) is 6.92 Å². The van der Waals surface area contributed by atoms with Gasteiger partial charge in [0.25, 0.3) is 0 Å². The molecule has 1 N–H and O–H groups in total. The lowest BCUT2D eigenvalue weighted by atomic mass is 10.2. The second-order valence-electron chi connectivity index (χ2n) is 3.23. The SMILES string of the molecule is Cc1cc(=S)nc(-c2ccccc2Br)[nH]1. The molecule has 0 bridgehead atoms. The van der Waals surface area contributed by atoms with Crippen molar-refractivity contribution >= 4 is 28.1 Å². The number of rotatable bonds is 1. The van der Waals surface area contributed by atoms with E-state index in [1.807, 2.05) is 37.3 Å². The molecule has 1 aromatic carbocycles. The van der Waals surface area contributed by atoms with Crippen molar-refractivity contribution in [3.8, 4) is 11.4 Å². The second kappa shape index (κ2) is 4.24. The van der Waals surface area contributed by atoms with E-state index < -0.39 is 0 Å². The van der Waals surface area contributed by atoms with Crippen LogP contribution in [0.5, 0.6) is 0 Å². The molecule has 2 aromatic rings. The van der Waals surface area contributed by atoms with Crippen molar-refractivity contribution in [3.63, 3.8) is 0 Å². The highest BCUT2D eigenvalue weighted by Gasteiger charge is 2.04. The number of nitrogens with zero attached hydrogens (tertiary/aromatic N) is 1. The Balaban J connectivity index is 2.64. The van der Waals surface area contributed by atoms with Crippen molar-refractivity contribution in [1.82, 2.24) is 9.97 Å². The zero-order valence-electron chi connectivity index (χ0n) is 8.12. The molecule has 0 aliphatic carbocycles. The Bertz CT molecular complexity index is 548. The number of aromatic amines is 1. The van der Waals surface area contributed by atoms with E-state index in [0.717, 1.165) is 21.6 Å². The van der Waals surface area contributed by atoms with Gasteiger partial charge in [0.05, 0.1) is 0 Å². The molecular weight excluding hydrogens is 272 g/mol. The number of benzene rings is 1. The average molecular weight is 281 g/mol. The molecule has 0 amide bonds. The van der Waals surface area contributed by atoms with Gasteiger partial charge in [0.1, 0.15) is 10.5 Å². The molecule has 0 unspecified atom stereocenters. The Hall–Kier alpha value is -1.000. The predicted molar refractivity (Wildman–Crippen MR) is 67.3 cm³/mol. The highest BCUT2D eigenvalue weighted by Crippen LogP contribution is 2.24. The molecule has 15 heavy (non-hydrogen) atoms. The maximum Gasteiger partial charge on any atom is 0.140 e. The number of hydrogen-bond donors (Lipinski definition) is 1. The van der Waals surface area contributed by atoms with Crippen LogP contribution < -0.4 is 0 Å². The molecule has 1 aromatic heterocycles. The first-order valence-electron chi connectivity index (χ1n) is 4.50. The summed E-state index contributed by atoms with van der Waals surface area (Å²) >= 11 is 8.57. The summed E-state index contributed by atoms with van der Waals surface area (Å²) in [6.45, 7) is 1.97. The predicted octanol–water partition coefficient (Wildman–Crippen LogP) is 3.88. The normalized spacial score (nSPS) is 10.3. The molecule has 0 aliphatic heterocycles. The first-order chi connectivity index (χ1) is 7.16. The van der Waals surface area contributed by atoms with Crippen LogP contribution in [0.3, 0.4) is 0 Å². The summed E-state index contributed by atoms with van der Waals surface area (Å²) in [5.74, 6) is 0.799. The van der Waals surface area contributed by atoms with Crippen molar-refractivity contribution in [1.29, 1.82) is 0 Å². The van der Waals surface area contributed by atoms with E-state index in [1.54, 1.807) is 0 Å². The van der Waals surface area contributed by atoms with Crippen molar-refractivity contribution < 1.29 is 0 Å². The highest BCUT2D eigenvalue weighted by molar-refractivity contribution is 9.10. The fraction of sp³-hybridized carbons (Fsp3) is 0.0909. The Labute approximate surface area is 102 Å². The molecule has 0 saturated carbocycles. The third-order valence-electron chi connectivity index (χ3n) is 2.01. The number of halogens is 1. The van der Waals surface area contributed by atoms with Gasteiger partial charge in [-0.3, -0.25) is 0 Å². The van der Waals surface area contributed by atoms with Gasteiger partial charge in [-0.15, -0.1) is 0 Å². The quantitative estimate of drug-likeness (QED) is 0.804. The number of aryl methyl sites for hydroxylation is 1. The summed E-state index contributed by atoms with van der Waals surface area (Å²) in [6, 6.07) is 9.77. The minimum atomic E-state index is 0.608. The monoisotopic (exact) mass is 280 g/mol. The summed E-state index contributed by atoms with van der Waals surface area (Å²) < 4.78 is 1.62. The topological polar surface area (TPSA) is 28.7 Å². The standard InChI is InChI=1S/C11H9BrN2S/c1-7-6-10(15)14-11(13-7)8-4-2-3-5-9(8)12/h2-6H,1H3,(H,13,14,15). The van der Waals surface area contributed by atoms with Gasteiger partial charge in [0.15, 0.2) is 0 Å². The minimum Gasteiger partial charge on any atom is -0.343 e. The van der Waals surface area contributed by atoms with E-state index in [4.69, 9.17) is 12.2 Å². The van der Waals surface area contributed by atoms with Crippen LogP contribution >= 0.6 is 28.1 Å². The minimum absolute atomic E-state index is 0.608. The van der Waals surface area contributed by atoms with Gasteiger partial charge >= 0.3 is 0 Å². The smallest absolute Gasteiger partial charge is 0.140 e. The first-order valence-corrected chi connectivity index (χ1v) is 5.70. The van der Waals surface area contributed by atoms with Gasteiger partial charge in [-0.05, 0) is 19.1 Å². The molecule has 4 heteroatoms. The Morgan fingerprint density at radius 3 is 2.73 bits per heavy atom. The number of hydrogen-bond acceptors (Lipinski definition) is 2. The molecule has 1 heterocycles. The van der Waals surface area contributed by atoms with Gasteiger partial charge < -0.3 is 4.98 Å². The number of aromatic nitrogens is 2. The fourth-order valence-electron chi connectivity index (χ4n) is 1.36. The summed E-state index contributed by atoms with van der Waals surface area (Å²) in [5, 5.41) is 0. The van der Waals surface area contributed by atoms with Crippen LogP contribution in [0.4, 0.5) is 0 Å². The van der Waals surface area contributed by atoms with Crippen molar-refractivity contribution in [2.24, 2.45) is 0 Å². The molecule has 0 radical (unpaired) electrons. The third-order valence-corrected chi connectivity index (χ3v) is 2.91. The maximum atomic E-state index is 5.08. The van der Waals surface area contributed by atoms with E-state index >= 15 is 0 Å². The first kappa shape index (κ1) is 10.5. The van der Waals surface area contributed by atoms with Crippen LogP contribution in [0.25, 0.3) is 11.4 Å². The van der Waals surface area contributed by atoms with E-state index in [0.29, 0.717) is 4.64 Å². The van der Waals surface area contributed by atoms with Gasteiger partial charge in [-0.25, -0.2) is 4.98 Å². The van der Waals surface area contributed by atoms with Crippen LogP contribution in [0.2, 0.25) is 0 Å². The lowest BCUT2D eigenvalue weighted by Crippen LogP contribution is -1.92. The fourth-order valence-corrected chi connectivity index (χ4v) is 2.10. The van der Waals surface area contributed by atoms with E-state index in [9.17, 15) is 0 Å². The number of H-pyrrole nitrogens is 1. The molecule has 0 fully saturated rings. The molecule has 76 valence electrons. The Morgan fingerprint density at radius 1 is 1.33 bits per heavy atom. The van der Waals surface area contributed by atoms with E-state index in [2.05, 4.69) is 25.9 Å². The molecule has 0 aliphatic rings. The van der Waals surface area contributed by atoms with Crippen molar-refractivity contribution in [3.05, 3.63) is 45.1 Å². The second-order valence-corrected chi connectivity index (χ2v) is 4.50. The third kappa shape index (κ3) is 2.33. The molecule has 2 nitrogen and oxygen atoms in total. The zero-order chi connectivity index (χ0) is 10.8. The van der Waals surface area contributed by atoms with E-state index in [1.165, 1.54) is 0 Å². The van der Waals surface area contributed by atoms with Gasteiger partial charge in [-0.2, -0.15) is 0 Å². The van der Waals surface area contributed by atoms with Crippen LogP contribution in [0.1, 0.15) is 5.69 Å². The maximum absolute atomic E-state index is 5.08. The molecular formula is C11H9BrN2S. The lowest BCUT2D eigenvalue weighted by molar-refractivity contribution is 1.10. The molecule has 0 atom stereocenters. The van der Waals surface area contributed by atoms with Crippen LogP contribution in [0, 0.1) is 11.6 Å². The molecule has 0 spiro atoms. The van der Waals surface area contributed by atoms with Crippen LogP contribution in [-0.4, -0.2) is 9.97 Å². The lowest BCUT2D eigenvalue weighted by Gasteiger charge is -2.04. The zero-order valence-corrected chi connectivity index (χ0v) is 10.5. The average Bonchev–Trinajstić information content (AvgIpc) is 2.16. The highest BCUT2D eigenvalue weighted by atomic mass is 79.9. The van der Waals surface area contributed by atoms with Crippen LogP contribution in [-0.2, 0) is 0 Å². The summed E-state index contributed by atoms with van der Waals surface area (Å²) in [5.41, 5.74) is 2.04. The van der Waals surface area contributed by atoms with Crippen LogP contribution in [0.15, 0.2) is 34.8 Å². The largest absolute Gasteiger partial charge is 0.343 e.